The molecule has 0 spiro atoms. The highest BCUT2D eigenvalue weighted by molar-refractivity contribution is 5.92. The molecular weight excluding hydrogens is 454 g/mol. The molecule has 4 aromatic rings. The van der Waals surface area contributed by atoms with Gasteiger partial charge < -0.3 is 15.8 Å². The van der Waals surface area contributed by atoms with E-state index in [0.717, 1.165) is 55.2 Å². The minimum absolute atomic E-state index is 0.298. The van der Waals surface area contributed by atoms with E-state index in [1.807, 2.05) is 32.0 Å². The Morgan fingerprint density at radius 2 is 1.78 bits per heavy atom. The summed E-state index contributed by atoms with van der Waals surface area (Å²) < 4.78 is 7.97. The van der Waals surface area contributed by atoms with Gasteiger partial charge in [-0.3, -0.25) is 9.69 Å². The van der Waals surface area contributed by atoms with Crippen LogP contribution in [0.5, 0.6) is 11.6 Å². The number of carbonyl (C=O) groups is 1. The smallest absolute Gasteiger partial charge is 0.257 e. The minimum Gasteiger partial charge on any atom is -0.438 e. The van der Waals surface area contributed by atoms with Crippen LogP contribution in [0.2, 0.25) is 0 Å². The first kappa shape index (κ1) is 23.7. The van der Waals surface area contributed by atoms with Crippen molar-refractivity contribution in [2.24, 2.45) is 5.73 Å². The molecule has 0 unspecified atom stereocenters. The van der Waals surface area contributed by atoms with Gasteiger partial charge in [-0.05, 0) is 62.4 Å². The van der Waals surface area contributed by atoms with E-state index in [1.165, 1.54) is 17.5 Å². The quantitative estimate of drug-likeness (QED) is 0.407. The first-order valence-corrected chi connectivity index (χ1v) is 12.2. The second-order valence-electron chi connectivity index (χ2n) is 9.54. The Balaban J connectivity index is 1.25. The summed E-state index contributed by atoms with van der Waals surface area (Å²) in [5.74, 6) is 2.23. The number of hydrogen-bond acceptors (Lipinski definition) is 7. The van der Waals surface area contributed by atoms with Gasteiger partial charge in [-0.1, -0.05) is 29.8 Å². The molecule has 1 saturated heterocycles. The predicted molar refractivity (Wildman–Crippen MR) is 138 cm³/mol. The number of nitrogens with two attached hydrogens (primary N) is 1. The van der Waals surface area contributed by atoms with Crippen LogP contribution >= 0.6 is 0 Å². The van der Waals surface area contributed by atoms with E-state index >= 15 is 0 Å². The molecule has 3 N–H and O–H groups in total. The number of amides is 1. The second kappa shape index (κ2) is 9.94. The lowest BCUT2D eigenvalue weighted by molar-refractivity contribution is 0.1000. The van der Waals surface area contributed by atoms with Gasteiger partial charge in [0, 0.05) is 37.3 Å². The van der Waals surface area contributed by atoms with Crippen LogP contribution in [0.25, 0.3) is 5.78 Å². The maximum Gasteiger partial charge on any atom is 0.257 e. The van der Waals surface area contributed by atoms with Crippen molar-refractivity contribution in [1.29, 1.82) is 0 Å². The van der Waals surface area contributed by atoms with E-state index in [4.69, 9.17) is 10.5 Å². The maximum absolute atomic E-state index is 11.3. The van der Waals surface area contributed by atoms with Gasteiger partial charge in [0.15, 0.2) is 0 Å². The highest BCUT2D eigenvalue weighted by Gasteiger charge is 2.21. The lowest BCUT2D eigenvalue weighted by atomic mass is 10.0. The number of rotatable bonds is 7. The summed E-state index contributed by atoms with van der Waals surface area (Å²) in [6.07, 6.45) is 3.47. The van der Waals surface area contributed by atoms with E-state index < -0.39 is 5.91 Å². The van der Waals surface area contributed by atoms with Crippen molar-refractivity contribution in [3.63, 3.8) is 0 Å². The standard InChI is InChI=1S/C27H31N7O2/c1-17-12-18(2)25(19(3)13-17)36-24-14-23(32-27-29-16-30-34(24)27)31-22-8-10-33(11-9-22)15-20-4-6-21(7-5-20)26(28)35/h4-7,12-14,16,22H,8-11,15H2,1-3H3,(H2,28,35)(H,29,30,31,32). The number of primary amides is 1. The number of ether oxygens (including phenoxy) is 1. The van der Waals surface area contributed by atoms with Crippen LogP contribution in [0.4, 0.5) is 5.82 Å². The van der Waals surface area contributed by atoms with Crippen molar-refractivity contribution in [3.8, 4) is 11.6 Å². The van der Waals surface area contributed by atoms with Gasteiger partial charge in [0.2, 0.25) is 11.8 Å². The zero-order valence-electron chi connectivity index (χ0n) is 20.9. The lowest BCUT2D eigenvalue weighted by Crippen LogP contribution is -2.38. The summed E-state index contributed by atoms with van der Waals surface area (Å²) in [7, 11) is 0. The zero-order valence-corrected chi connectivity index (χ0v) is 20.9. The molecule has 9 nitrogen and oxygen atoms in total. The van der Waals surface area contributed by atoms with Gasteiger partial charge >= 0.3 is 0 Å². The van der Waals surface area contributed by atoms with Crippen molar-refractivity contribution in [2.75, 3.05) is 18.4 Å². The van der Waals surface area contributed by atoms with Crippen LogP contribution < -0.4 is 15.8 Å². The maximum atomic E-state index is 11.3. The number of anilines is 1. The van der Waals surface area contributed by atoms with E-state index in [2.05, 4.69) is 44.3 Å². The number of hydrogen-bond donors (Lipinski definition) is 2. The van der Waals surface area contributed by atoms with E-state index in [1.54, 1.807) is 16.6 Å². The van der Waals surface area contributed by atoms with Crippen molar-refractivity contribution < 1.29 is 9.53 Å². The molecule has 2 aromatic heterocycles. The number of carbonyl (C=O) groups excluding carboxylic acids is 1. The summed E-state index contributed by atoms with van der Waals surface area (Å²) in [4.78, 5) is 22.6. The Bertz CT molecular complexity index is 1370. The van der Waals surface area contributed by atoms with Gasteiger partial charge in [-0.15, -0.1) is 0 Å². The molecule has 3 heterocycles. The van der Waals surface area contributed by atoms with Gasteiger partial charge in [0.25, 0.3) is 5.78 Å². The molecule has 1 aliphatic rings. The second-order valence-corrected chi connectivity index (χ2v) is 9.54. The largest absolute Gasteiger partial charge is 0.438 e. The molecule has 0 atom stereocenters. The summed E-state index contributed by atoms with van der Waals surface area (Å²) in [6.45, 7) is 8.96. The molecule has 36 heavy (non-hydrogen) atoms. The summed E-state index contributed by atoms with van der Waals surface area (Å²) in [5, 5.41) is 7.88. The fourth-order valence-electron chi connectivity index (χ4n) is 4.84. The number of piperidine rings is 1. The number of aryl methyl sites for hydroxylation is 3. The third kappa shape index (κ3) is 5.16. The molecule has 0 radical (unpaired) electrons. The van der Waals surface area contributed by atoms with Crippen LogP contribution in [0.3, 0.4) is 0 Å². The van der Waals surface area contributed by atoms with Crippen LogP contribution in [0.15, 0.2) is 48.8 Å². The van der Waals surface area contributed by atoms with Gasteiger partial charge in [-0.25, -0.2) is 0 Å². The molecule has 0 aliphatic carbocycles. The number of likely N-dealkylation sites (tertiary alicyclic amines) is 1. The average Bonchev–Trinajstić information content (AvgIpc) is 3.32. The van der Waals surface area contributed by atoms with Crippen LogP contribution in [-0.4, -0.2) is 49.5 Å². The highest BCUT2D eigenvalue weighted by Crippen LogP contribution is 2.31. The Hall–Kier alpha value is -3.98. The fourth-order valence-corrected chi connectivity index (χ4v) is 4.84. The molecule has 1 aliphatic heterocycles. The van der Waals surface area contributed by atoms with E-state index in [9.17, 15) is 4.79 Å². The molecular formula is C27H31N7O2. The van der Waals surface area contributed by atoms with Crippen LogP contribution in [0.1, 0.15) is 45.5 Å². The number of fused-ring (bicyclic) bond motifs is 1. The van der Waals surface area contributed by atoms with Gasteiger partial charge in [0.05, 0.1) is 0 Å². The average molecular weight is 486 g/mol. The molecule has 1 fully saturated rings. The normalized spacial score (nSPS) is 14.8. The number of aromatic nitrogens is 4. The van der Waals surface area contributed by atoms with Crippen molar-refractivity contribution in [3.05, 3.63) is 76.6 Å². The van der Waals surface area contributed by atoms with Crippen LogP contribution in [0, 0.1) is 20.8 Å². The number of nitrogens with one attached hydrogen (secondary N) is 1. The Labute approximate surface area is 210 Å². The SMILES string of the molecule is Cc1cc(C)c(Oc2cc(NC3CCN(Cc4ccc(C(N)=O)cc4)CC3)nc3ncnn23)c(C)c1. The first-order valence-electron chi connectivity index (χ1n) is 12.2. The Morgan fingerprint density at radius 1 is 1.08 bits per heavy atom. The Kier molecular flexibility index (Phi) is 6.56. The molecule has 5 rings (SSSR count). The highest BCUT2D eigenvalue weighted by atomic mass is 16.5. The minimum atomic E-state index is -0.399. The van der Waals surface area contributed by atoms with E-state index in [-0.39, 0.29) is 0 Å². The molecule has 1 amide bonds. The van der Waals surface area contributed by atoms with Crippen molar-refractivity contribution in [1.82, 2.24) is 24.5 Å². The third-order valence-corrected chi connectivity index (χ3v) is 6.61. The van der Waals surface area contributed by atoms with Crippen molar-refractivity contribution >= 4 is 17.5 Å². The van der Waals surface area contributed by atoms with Crippen LogP contribution in [-0.2, 0) is 6.54 Å². The third-order valence-electron chi connectivity index (χ3n) is 6.61. The number of benzene rings is 2. The molecule has 0 bridgehead atoms. The molecule has 186 valence electrons. The summed E-state index contributed by atoms with van der Waals surface area (Å²) >= 11 is 0. The Morgan fingerprint density at radius 3 is 2.44 bits per heavy atom. The number of nitrogens with zero attached hydrogens (tertiary/aromatic N) is 5. The molecule has 2 aromatic carbocycles. The monoisotopic (exact) mass is 485 g/mol. The summed E-state index contributed by atoms with van der Waals surface area (Å²) in [6, 6.07) is 13.9. The topological polar surface area (TPSA) is 111 Å². The van der Waals surface area contributed by atoms with Gasteiger partial charge in [0.1, 0.15) is 17.9 Å². The zero-order chi connectivity index (χ0) is 25.2. The van der Waals surface area contributed by atoms with Gasteiger partial charge in [-0.2, -0.15) is 19.6 Å². The predicted octanol–water partition coefficient (Wildman–Crippen LogP) is 4.02. The lowest BCUT2D eigenvalue weighted by Gasteiger charge is -2.32. The van der Waals surface area contributed by atoms with E-state index in [0.29, 0.717) is 23.3 Å². The van der Waals surface area contributed by atoms with Crippen molar-refractivity contribution in [2.45, 2.75) is 46.2 Å². The molecule has 9 heteroatoms. The summed E-state index contributed by atoms with van der Waals surface area (Å²) in [5.41, 5.74) is 10.4. The fraction of sp³-hybridized carbons (Fsp3) is 0.333. The molecule has 0 saturated carbocycles. The first-order chi connectivity index (χ1) is 17.4.